The minimum Gasteiger partial charge on any atom is -0.484 e. The highest BCUT2D eigenvalue weighted by molar-refractivity contribution is 5.89. The average molecular weight is 205 g/mol. The van der Waals surface area contributed by atoms with Gasteiger partial charge < -0.3 is 9.94 Å². The van der Waals surface area contributed by atoms with Crippen LogP contribution in [0.15, 0.2) is 35.5 Å². The van der Waals surface area contributed by atoms with E-state index in [2.05, 4.69) is 5.16 Å². The Kier molecular flexibility index (Phi) is 3.22. The fraction of sp³-hybridized carbons (Fsp3) is 0.417. The molecule has 0 radical (unpaired) electrons. The van der Waals surface area contributed by atoms with Gasteiger partial charge in [-0.2, -0.15) is 0 Å². The fourth-order valence-electron chi connectivity index (χ4n) is 1.87. The van der Waals surface area contributed by atoms with E-state index in [-0.39, 0.29) is 6.10 Å². The Labute approximate surface area is 89.4 Å². The number of oxime groups is 1. The van der Waals surface area contributed by atoms with Crippen molar-refractivity contribution in [2.24, 2.45) is 5.16 Å². The van der Waals surface area contributed by atoms with Gasteiger partial charge in [0.15, 0.2) is 0 Å². The Morgan fingerprint density at radius 1 is 1.20 bits per heavy atom. The van der Waals surface area contributed by atoms with Crippen LogP contribution in [0.25, 0.3) is 0 Å². The van der Waals surface area contributed by atoms with Gasteiger partial charge in [0, 0.05) is 0 Å². The molecule has 15 heavy (non-hydrogen) atoms. The molecule has 1 N–H and O–H groups in total. The lowest BCUT2D eigenvalue weighted by molar-refractivity contribution is 0.226. The minimum absolute atomic E-state index is 0.0499. The second-order valence-electron chi connectivity index (χ2n) is 3.76. The number of ether oxygens (including phenoxy) is 1. The summed E-state index contributed by atoms with van der Waals surface area (Å²) in [6.07, 6.45) is 3.96. The summed E-state index contributed by atoms with van der Waals surface area (Å²) < 4.78 is 5.77. The Morgan fingerprint density at radius 2 is 2.00 bits per heavy atom. The summed E-state index contributed by atoms with van der Waals surface area (Å²) >= 11 is 0. The van der Waals surface area contributed by atoms with Crippen molar-refractivity contribution in [1.82, 2.24) is 0 Å². The monoisotopic (exact) mass is 205 g/mol. The van der Waals surface area contributed by atoms with Gasteiger partial charge in [0.2, 0.25) is 0 Å². The van der Waals surface area contributed by atoms with Crippen LogP contribution in [0.5, 0.6) is 5.75 Å². The van der Waals surface area contributed by atoms with Gasteiger partial charge in [-0.25, -0.2) is 0 Å². The highest BCUT2D eigenvalue weighted by Gasteiger charge is 2.22. The van der Waals surface area contributed by atoms with Crippen molar-refractivity contribution < 1.29 is 9.94 Å². The standard InChI is InChI=1S/C12H15NO2/c14-13-11-8-4-5-9-12(11)15-10-6-2-1-3-7-10/h1-3,6-7,12,14H,4-5,8-9H2. The summed E-state index contributed by atoms with van der Waals surface area (Å²) in [6.45, 7) is 0. The molecular weight excluding hydrogens is 190 g/mol. The van der Waals surface area contributed by atoms with Crippen molar-refractivity contribution in [3.63, 3.8) is 0 Å². The van der Waals surface area contributed by atoms with Crippen LogP contribution in [0.4, 0.5) is 0 Å². The molecule has 1 fully saturated rings. The molecule has 2 rings (SSSR count). The normalized spacial score (nSPS) is 24.0. The number of nitrogens with zero attached hydrogens (tertiary/aromatic N) is 1. The number of hydrogen-bond donors (Lipinski definition) is 1. The van der Waals surface area contributed by atoms with Crippen LogP contribution in [0.3, 0.4) is 0 Å². The van der Waals surface area contributed by atoms with Crippen LogP contribution in [0.1, 0.15) is 25.7 Å². The molecule has 1 unspecified atom stereocenters. The van der Waals surface area contributed by atoms with Gasteiger partial charge in [-0.15, -0.1) is 0 Å². The Balaban J connectivity index is 2.04. The van der Waals surface area contributed by atoms with Gasteiger partial charge in [-0.3, -0.25) is 0 Å². The van der Waals surface area contributed by atoms with Crippen LogP contribution >= 0.6 is 0 Å². The zero-order valence-electron chi connectivity index (χ0n) is 8.60. The summed E-state index contributed by atoms with van der Waals surface area (Å²) in [6, 6.07) is 9.67. The third kappa shape index (κ3) is 2.49. The molecule has 1 aromatic carbocycles. The topological polar surface area (TPSA) is 41.8 Å². The highest BCUT2D eigenvalue weighted by atomic mass is 16.5. The molecule has 1 saturated carbocycles. The molecule has 0 heterocycles. The lowest BCUT2D eigenvalue weighted by Gasteiger charge is -2.23. The first-order valence-corrected chi connectivity index (χ1v) is 5.32. The first kappa shape index (κ1) is 10.0. The molecule has 1 atom stereocenters. The first-order chi connectivity index (χ1) is 7.40. The SMILES string of the molecule is ON=C1CCCCC1Oc1ccccc1. The van der Waals surface area contributed by atoms with E-state index in [1.807, 2.05) is 30.3 Å². The largest absolute Gasteiger partial charge is 0.484 e. The second kappa shape index (κ2) is 4.82. The predicted octanol–water partition coefficient (Wildman–Crippen LogP) is 2.84. The maximum Gasteiger partial charge on any atom is 0.140 e. The quantitative estimate of drug-likeness (QED) is 0.595. The number of benzene rings is 1. The summed E-state index contributed by atoms with van der Waals surface area (Å²) in [5.74, 6) is 0.838. The molecular formula is C12H15NO2. The Bertz CT molecular complexity index is 335. The van der Waals surface area contributed by atoms with Gasteiger partial charge in [0.1, 0.15) is 11.9 Å². The molecule has 0 aromatic heterocycles. The predicted molar refractivity (Wildman–Crippen MR) is 58.5 cm³/mol. The highest BCUT2D eigenvalue weighted by Crippen LogP contribution is 2.21. The van der Waals surface area contributed by atoms with Gasteiger partial charge in [0.05, 0.1) is 5.71 Å². The molecule has 0 saturated heterocycles. The van der Waals surface area contributed by atoms with E-state index in [1.54, 1.807) is 0 Å². The molecule has 1 aliphatic rings. The Morgan fingerprint density at radius 3 is 2.73 bits per heavy atom. The number of para-hydroxylation sites is 1. The van der Waals surface area contributed by atoms with E-state index in [4.69, 9.17) is 9.94 Å². The van der Waals surface area contributed by atoms with Crippen molar-refractivity contribution in [2.45, 2.75) is 31.8 Å². The van der Waals surface area contributed by atoms with Crippen molar-refractivity contribution in [2.75, 3.05) is 0 Å². The molecule has 1 aromatic rings. The summed E-state index contributed by atoms with van der Waals surface area (Å²) in [4.78, 5) is 0. The zero-order chi connectivity index (χ0) is 10.5. The van der Waals surface area contributed by atoms with Gasteiger partial charge >= 0.3 is 0 Å². The molecule has 3 heteroatoms. The van der Waals surface area contributed by atoms with Crippen LogP contribution in [-0.2, 0) is 0 Å². The van der Waals surface area contributed by atoms with Gasteiger partial charge in [-0.05, 0) is 37.8 Å². The van der Waals surface area contributed by atoms with E-state index < -0.39 is 0 Å². The fourth-order valence-corrected chi connectivity index (χ4v) is 1.87. The maximum absolute atomic E-state index is 8.85. The molecule has 0 aliphatic heterocycles. The van der Waals surface area contributed by atoms with E-state index in [9.17, 15) is 0 Å². The zero-order valence-corrected chi connectivity index (χ0v) is 8.60. The summed E-state index contributed by atoms with van der Waals surface area (Å²) in [5.41, 5.74) is 0.769. The average Bonchev–Trinajstić information content (AvgIpc) is 2.31. The van der Waals surface area contributed by atoms with Crippen LogP contribution in [0, 0.1) is 0 Å². The van der Waals surface area contributed by atoms with E-state index in [0.717, 1.165) is 37.1 Å². The first-order valence-electron chi connectivity index (χ1n) is 5.32. The van der Waals surface area contributed by atoms with Crippen LogP contribution in [-0.4, -0.2) is 17.0 Å². The van der Waals surface area contributed by atoms with Crippen molar-refractivity contribution in [1.29, 1.82) is 0 Å². The molecule has 0 bridgehead atoms. The summed E-state index contributed by atoms with van der Waals surface area (Å²) in [7, 11) is 0. The van der Waals surface area contributed by atoms with Gasteiger partial charge in [0.25, 0.3) is 0 Å². The molecule has 3 nitrogen and oxygen atoms in total. The number of rotatable bonds is 2. The number of hydrogen-bond acceptors (Lipinski definition) is 3. The van der Waals surface area contributed by atoms with E-state index >= 15 is 0 Å². The summed E-state index contributed by atoms with van der Waals surface area (Å²) in [5, 5.41) is 12.2. The third-order valence-electron chi connectivity index (χ3n) is 2.67. The van der Waals surface area contributed by atoms with Crippen molar-refractivity contribution in [3.05, 3.63) is 30.3 Å². The Hall–Kier alpha value is -1.51. The second-order valence-corrected chi connectivity index (χ2v) is 3.76. The molecule has 0 spiro atoms. The molecule has 0 amide bonds. The van der Waals surface area contributed by atoms with E-state index in [1.165, 1.54) is 0 Å². The van der Waals surface area contributed by atoms with Gasteiger partial charge in [-0.1, -0.05) is 23.4 Å². The lowest BCUT2D eigenvalue weighted by Crippen LogP contribution is -2.30. The van der Waals surface area contributed by atoms with E-state index in [0.29, 0.717) is 0 Å². The third-order valence-corrected chi connectivity index (χ3v) is 2.67. The van der Waals surface area contributed by atoms with Crippen molar-refractivity contribution >= 4 is 5.71 Å². The minimum atomic E-state index is -0.0499. The smallest absolute Gasteiger partial charge is 0.140 e. The lowest BCUT2D eigenvalue weighted by atomic mass is 9.95. The molecule has 1 aliphatic carbocycles. The molecule has 80 valence electrons. The van der Waals surface area contributed by atoms with Crippen molar-refractivity contribution in [3.8, 4) is 5.75 Å². The van der Waals surface area contributed by atoms with Crippen LogP contribution in [0.2, 0.25) is 0 Å². The maximum atomic E-state index is 8.85. The van der Waals surface area contributed by atoms with Crippen LogP contribution < -0.4 is 4.74 Å².